The number of ether oxygens (including phenoxy) is 1. The van der Waals surface area contributed by atoms with Gasteiger partial charge in [0.1, 0.15) is 0 Å². The van der Waals surface area contributed by atoms with Crippen molar-refractivity contribution >= 4 is 0 Å². The molecule has 0 saturated heterocycles. The Morgan fingerprint density at radius 3 is 2.60 bits per heavy atom. The van der Waals surface area contributed by atoms with Crippen LogP contribution in [0.3, 0.4) is 0 Å². The second-order valence-corrected chi connectivity index (χ2v) is 5.07. The van der Waals surface area contributed by atoms with Gasteiger partial charge in [-0.05, 0) is 31.6 Å². The van der Waals surface area contributed by atoms with Gasteiger partial charge in [0.15, 0.2) is 0 Å². The molecule has 1 aliphatic carbocycles. The second-order valence-electron chi connectivity index (χ2n) is 5.07. The first kappa shape index (κ1) is 13.0. The van der Waals surface area contributed by atoms with Crippen molar-refractivity contribution in [1.29, 1.82) is 0 Å². The third-order valence-corrected chi connectivity index (χ3v) is 3.93. The fraction of sp³-hybridized carbons (Fsp3) is 1.00. The van der Waals surface area contributed by atoms with Crippen LogP contribution >= 0.6 is 0 Å². The van der Waals surface area contributed by atoms with Crippen LogP contribution in [-0.2, 0) is 4.74 Å². The highest BCUT2D eigenvalue weighted by Gasteiger charge is 2.35. The van der Waals surface area contributed by atoms with Crippen molar-refractivity contribution in [3.63, 3.8) is 0 Å². The van der Waals surface area contributed by atoms with Crippen molar-refractivity contribution in [3.05, 3.63) is 0 Å². The maximum atomic E-state index is 10.5. The lowest BCUT2D eigenvalue weighted by Crippen LogP contribution is -2.39. The van der Waals surface area contributed by atoms with E-state index in [0.29, 0.717) is 5.92 Å². The molecular weight excluding hydrogens is 188 g/mol. The molecule has 0 radical (unpaired) electrons. The molecule has 1 rings (SSSR count). The smallest absolute Gasteiger partial charge is 0.0675 e. The summed E-state index contributed by atoms with van der Waals surface area (Å²) in [7, 11) is 1.76. The summed E-state index contributed by atoms with van der Waals surface area (Å²) in [6, 6.07) is 0. The number of hydrogen-bond acceptors (Lipinski definition) is 2. The van der Waals surface area contributed by atoms with Gasteiger partial charge in [-0.1, -0.05) is 26.7 Å². The van der Waals surface area contributed by atoms with Crippen molar-refractivity contribution in [2.75, 3.05) is 7.11 Å². The van der Waals surface area contributed by atoms with Gasteiger partial charge < -0.3 is 9.84 Å². The lowest BCUT2D eigenvalue weighted by atomic mass is 9.76. The molecule has 0 bridgehead atoms. The van der Waals surface area contributed by atoms with E-state index in [9.17, 15) is 5.11 Å². The average Bonchev–Trinajstić information content (AvgIpc) is 2.26. The van der Waals surface area contributed by atoms with Crippen LogP contribution in [0.5, 0.6) is 0 Å². The predicted molar refractivity (Wildman–Crippen MR) is 62.9 cm³/mol. The molecule has 2 heteroatoms. The van der Waals surface area contributed by atoms with Gasteiger partial charge in [-0.25, -0.2) is 0 Å². The normalized spacial score (nSPS) is 32.2. The molecule has 0 heterocycles. The number of rotatable bonds is 5. The first-order chi connectivity index (χ1) is 7.13. The predicted octanol–water partition coefficient (Wildman–Crippen LogP) is 3.13. The van der Waals surface area contributed by atoms with Crippen LogP contribution in [0, 0.1) is 5.92 Å². The Hall–Kier alpha value is -0.0800. The highest BCUT2D eigenvalue weighted by molar-refractivity contribution is 4.88. The maximum Gasteiger partial charge on any atom is 0.0675 e. The molecular formula is C13H26O2. The van der Waals surface area contributed by atoms with E-state index in [1.807, 2.05) is 0 Å². The third kappa shape index (κ3) is 3.76. The molecule has 0 aromatic rings. The quantitative estimate of drug-likeness (QED) is 0.762. The first-order valence-corrected chi connectivity index (χ1v) is 6.38. The fourth-order valence-corrected chi connectivity index (χ4v) is 2.79. The molecule has 0 amide bonds. The van der Waals surface area contributed by atoms with E-state index in [1.54, 1.807) is 7.11 Å². The van der Waals surface area contributed by atoms with Gasteiger partial charge >= 0.3 is 0 Å². The van der Waals surface area contributed by atoms with Crippen LogP contribution < -0.4 is 0 Å². The molecule has 0 aromatic heterocycles. The summed E-state index contributed by atoms with van der Waals surface area (Å²) in [5.74, 6) is 0.672. The van der Waals surface area contributed by atoms with Gasteiger partial charge in [0.05, 0.1) is 11.7 Å². The Balaban J connectivity index is 2.49. The summed E-state index contributed by atoms with van der Waals surface area (Å²) < 4.78 is 5.38. The fourth-order valence-electron chi connectivity index (χ4n) is 2.79. The number of methoxy groups -OCH3 is 1. The molecule has 1 saturated carbocycles. The Morgan fingerprint density at radius 2 is 2.07 bits per heavy atom. The summed E-state index contributed by atoms with van der Waals surface area (Å²) in [6.45, 7) is 4.43. The summed E-state index contributed by atoms with van der Waals surface area (Å²) in [5, 5.41) is 10.5. The Kier molecular flexibility index (Phi) is 5.07. The zero-order valence-corrected chi connectivity index (χ0v) is 10.5. The van der Waals surface area contributed by atoms with Gasteiger partial charge in [0, 0.05) is 13.5 Å². The molecule has 0 aliphatic heterocycles. The highest BCUT2D eigenvalue weighted by atomic mass is 16.5. The highest BCUT2D eigenvalue weighted by Crippen LogP contribution is 2.36. The Labute approximate surface area is 94.0 Å². The van der Waals surface area contributed by atoms with E-state index in [1.165, 1.54) is 12.8 Å². The molecule has 90 valence electrons. The van der Waals surface area contributed by atoms with Crippen molar-refractivity contribution in [3.8, 4) is 0 Å². The summed E-state index contributed by atoms with van der Waals surface area (Å²) >= 11 is 0. The van der Waals surface area contributed by atoms with Crippen LogP contribution in [0.2, 0.25) is 0 Å². The monoisotopic (exact) mass is 214 g/mol. The SMILES string of the molecule is CCC(CC)CC1(O)CCCC(OC)C1. The molecule has 1 N–H and O–H groups in total. The Bertz CT molecular complexity index is 177. The second kappa shape index (κ2) is 5.86. The minimum absolute atomic E-state index is 0.276. The molecule has 1 fully saturated rings. The minimum Gasteiger partial charge on any atom is -0.390 e. The first-order valence-electron chi connectivity index (χ1n) is 6.38. The van der Waals surface area contributed by atoms with Crippen molar-refractivity contribution in [2.45, 2.75) is 70.5 Å². The summed E-state index contributed by atoms with van der Waals surface area (Å²) in [4.78, 5) is 0. The van der Waals surface area contributed by atoms with E-state index in [-0.39, 0.29) is 6.10 Å². The van der Waals surface area contributed by atoms with Crippen molar-refractivity contribution < 1.29 is 9.84 Å². The standard InChI is InChI=1S/C13H26O2/c1-4-11(5-2)9-13(14)8-6-7-12(10-13)15-3/h11-12,14H,4-10H2,1-3H3. The van der Waals surface area contributed by atoms with Gasteiger partial charge in [0.25, 0.3) is 0 Å². The van der Waals surface area contributed by atoms with E-state index in [4.69, 9.17) is 4.74 Å². The average molecular weight is 214 g/mol. The molecule has 15 heavy (non-hydrogen) atoms. The largest absolute Gasteiger partial charge is 0.390 e. The van der Waals surface area contributed by atoms with Crippen molar-refractivity contribution in [2.24, 2.45) is 5.92 Å². The topological polar surface area (TPSA) is 29.5 Å². The van der Waals surface area contributed by atoms with Gasteiger partial charge in [-0.15, -0.1) is 0 Å². The molecule has 0 spiro atoms. The van der Waals surface area contributed by atoms with Gasteiger partial charge in [-0.2, -0.15) is 0 Å². The van der Waals surface area contributed by atoms with Crippen LogP contribution in [0.1, 0.15) is 58.8 Å². The molecule has 2 unspecified atom stereocenters. The minimum atomic E-state index is -0.449. The number of hydrogen-bond donors (Lipinski definition) is 1. The van der Waals surface area contributed by atoms with Crippen molar-refractivity contribution in [1.82, 2.24) is 0 Å². The van der Waals surface area contributed by atoms with Crippen LogP contribution in [-0.4, -0.2) is 23.9 Å². The maximum absolute atomic E-state index is 10.5. The molecule has 1 aliphatic rings. The van der Waals surface area contributed by atoms with E-state index in [2.05, 4.69) is 13.8 Å². The zero-order valence-electron chi connectivity index (χ0n) is 10.5. The zero-order chi connectivity index (χ0) is 11.3. The van der Waals surface area contributed by atoms with E-state index in [0.717, 1.165) is 32.1 Å². The van der Waals surface area contributed by atoms with Crippen LogP contribution in [0.15, 0.2) is 0 Å². The summed E-state index contributed by atoms with van der Waals surface area (Å²) in [6.07, 6.45) is 7.60. The van der Waals surface area contributed by atoms with E-state index < -0.39 is 5.60 Å². The Morgan fingerprint density at radius 1 is 1.40 bits per heavy atom. The molecule has 0 aromatic carbocycles. The number of aliphatic hydroxyl groups is 1. The summed E-state index contributed by atoms with van der Waals surface area (Å²) in [5.41, 5.74) is -0.449. The van der Waals surface area contributed by atoms with Gasteiger partial charge in [0.2, 0.25) is 0 Å². The van der Waals surface area contributed by atoms with Crippen LogP contribution in [0.4, 0.5) is 0 Å². The molecule has 2 nitrogen and oxygen atoms in total. The lowest BCUT2D eigenvalue weighted by molar-refractivity contribution is -0.0720. The lowest BCUT2D eigenvalue weighted by Gasteiger charge is -2.38. The van der Waals surface area contributed by atoms with Crippen LogP contribution in [0.25, 0.3) is 0 Å². The third-order valence-electron chi connectivity index (χ3n) is 3.93. The molecule has 2 atom stereocenters. The van der Waals surface area contributed by atoms with E-state index >= 15 is 0 Å². The van der Waals surface area contributed by atoms with Gasteiger partial charge in [-0.3, -0.25) is 0 Å².